The van der Waals surface area contributed by atoms with E-state index in [2.05, 4.69) is 63.7 Å². The number of rotatable bonds is 3. The zero-order chi connectivity index (χ0) is 16.6. The average Bonchev–Trinajstić information content (AvgIpc) is 3.28. The maximum Gasteiger partial charge on any atom is 0.137 e. The van der Waals surface area contributed by atoms with Gasteiger partial charge >= 0.3 is 0 Å². The smallest absolute Gasteiger partial charge is 0.137 e. The molecule has 4 heterocycles. The van der Waals surface area contributed by atoms with Gasteiger partial charge in [-0.2, -0.15) is 0 Å². The number of aromatic amines is 1. The average molecular weight is 324 g/mol. The molecule has 0 saturated carbocycles. The first-order valence-corrected chi connectivity index (χ1v) is 8.30. The third kappa shape index (κ3) is 2.48. The molecule has 1 aromatic carbocycles. The van der Waals surface area contributed by atoms with Crippen LogP contribution in [0.15, 0.2) is 79.5 Å². The molecule has 0 aliphatic carbocycles. The summed E-state index contributed by atoms with van der Waals surface area (Å²) >= 11 is 0. The molecule has 0 bridgehead atoms. The Morgan fingerprint density at radius 1 is 0.960 bits per heavy atom. The summed E-state index contributed by atoms with van der Waals surface area (Å²) in [5.41, 5.74) is 6.68. The molecule has 0 unspecified atom stereocenters. The predicted molar refractivity (Wildman–Crippen MR) is 99.5 cm³/mol. The first-order valence-electron chi connectivity index (χ1n) is 8.30. The van der Waals surface area contributed by atoms with Crippen molar-refractivity contribution >= 4 is 16.7 Å². The number of fused-ring (bicyclic) bond motifs is 2. The van der Waals surface area contributed by atoms with Gasteiger partial charge in [-0.15, -0.1) is 0 Å². The summed E-state index contributed by atoms with van der Waals surface area (Å²) in [5.74, 6) is 0. The molecule has 0 spiro atoms. The van der Waals surface area contributed by atoms with E-state index in [0.717, 1.165) is 28.8 Å². The zero-order valence-electron chi connectivity index (χ0n) is 13.6. The maximum absolute atomic E-state index is 4.61. The van der Waals surface area contributed by atoms with Crippen LogP contribution in [0.3, 0.4) is 0 Å². The van der Waals surface area contributed by atoms with Crippen molar-refractivity contribution in [3.63, 3.8) is 0 Å². The fourth-order valence-electron chi connectivity index (χ4n) is 3.27. The van der Waals surface area contributed by atoms with Crippen molar-refractivity contribution in [2.75, 3.05) is 0 Å². The van der Waals surface area contributed by atoms with Crippen molar-refractivity contribution in [2.45, 2.75) is 6.42 Å². The summed E-state index contributed by atoms with van der Waals surface area (Å²) < 4.78 is 2.03. The molecule has 0 atom stereocenters. The zero-order valence-corrected chi connectivity index (χ0v) is 13.6. The van der Waals surface area contributed by atoms with Crippen LogP contribution in [-0.4, -0.2) is 19.4 Å². The minimum Gasteiger partial charge on any atom is -0.346 e. The summed E-state index contributed by atoms with van der Waals surface area (Å²) in [4.78, 5) is 12.2. The minimum atomic E-state index is 0.895. The Morgan fingerprint density at radius 3 is 2.80 bits per heavy atom. The van der Waals surface area contributed by atoms with E-state index in [1.807, 2.05) is 35.1 Å². The summed E-state index contributed by atoms with van der Waals surface area (Å²) in [6.07, 6.45) is 10.7. The molecule has 25 heavy (non-hydrogen) atoms. The lowest BCUT2D eigenvalue weighted by Crippen LogP contribution is -1.89. The van der Waals surface area contributed by atoms with Crippen molar-refractivity contribution in [3.05, 3.63) is 90.6 Å². The Bertz CT molecular complexity index is 1170. The lowest BCUT2D eigenvalue weighted by Gasteiger charge is -2.04. The highest BCUT2D eigenvalue weighted by molar-refractivity contribution is 5.85. The number of hydrogen-bond acceptors (Lipinski definition) is 2. The van der Waals surface area contributed by atoms with Gasteiger partial charge in [-0.05, 0) is 35.7 Å². The van der Waals surface area contributed by atoms with Gasteiger partial charge in [0, 0.05) is 47.5 Å². The van der Waals surface area contributed by atoms with Crippen LogP contribution >= 0.6 is 0 Å². The van der Waals surface area contributed by atoms with E-state index in [0.29, 0.717) is 0 Å². The maximum atomic E-state index is 4.61. The Labute approximate surface area is 144 Å². The molecule has 120 valence electrons. The van der Waals surface area contributed by atoms with Crippen LogP contribution in [0, 0.1) is 0 Å². The number of H-pyrrole nitrogens is 1. The van der Waals surface area contributed by atoms with Crippen LogP contribution in [0.5, 0.6) is 0 Å². The van der Waals surface area contributed by atoms with Crippen LogP contribution < -0.4 is 0 Å². The molecule has 0 saturated heterocycles. The molecule has 5 rings (SSSR count). The molecule has 4 heteroatoms. The first kappa shape index (κ1) is 14.0. The lowest BCUT2D eigenvalue weighted by atomic mass is 10.0. The van der Waals surface area contributed by atoms with Crippen molar-refractivity contribution in [3.8, 4) is 11.1 Å². The van der Waals surface area contributed by atoms with E-state index in [1.165, 1.54) is 16.5 Å². The predicted octanol–water partition coefficient (Wildman–Crippen LogP) is 4.47. The largest absolute Gasteiger partial charge is 0.346 e. The molecular weight excluding hydrogens is 308 g/mol. The van der Waals surface area contributed by atoms with E-state index < -0.39 is 0 Å². The van der Waals surface area contributed by atoms with Gasteiger partial charge in [-0.1, -0.05) is 30.3 Å². The highest BCUT2D eigenvalue weighted by Gasteiger charge is 2.08. The quantitative estimate of drug-likeness (QED) is 0.532. The van der Waals surface area contributed by atoms with Crippen LogP contribution in [-0.2, 0) is 6.42 Å². The normalized spacial score (nSPS) is 11.4. The standard InChI is InChI=1S/C21H16N4/c1-2-4-15(5-3-1)10-18-13-24-21-19(18)11-17(12-23-21)16-6-7-20-22-8-9-25(20)14-16/h1-9,11-14H,10H2,(H,23,24). The van der Waals surface area contributed by atoms with E-state index in [1.54, 1.807) is 0 Å². The summed E-state index contributed by atoms with van der Waals surface area (Å²) in [6, 6.07) is 16.9. The molecule has 4 aromatic heterocycles. The Hall–Kier alpha value is -3.40. The Morgan fingerprint density at radius 2 is 1.88 bits per heavy atom. The fourth-order valence-corrected chi connectivity index (χ4v) is 3.27. The van der Waals surface area contributed by atoms with Gasteiger partial charge in [0.05, 0.1) is 0 Å². The number of nitrogens with zero attached hydrogens (tertiary/aromatic N) is 3. The van der Waals surface area contributed by atoms with Crippen molar-refractivity contribution in [1.82, 2.24) is 19.4 Å². The van der Waals surface area contributed by atoms with Crippen molar-refractivity contribution in [2.24, 2.45) is 0 Å². The third-order valence-corrected chi connectivity index (χ3v) is 4.58. The van der Waals surface area contributed by atoms with Gasteiger partial charge in [-0.3, -0.25) is 0 Å². The molecule has 0 aliphatic heterocycles. The Kier molecular flexibility index (Phi) is 3.13. The van der Waals surface area contributed by atoms with Crippen molar-refractivity contribution < 1.29 is 0 Å². The van der Waals surface area contributed by atoms with Gasteiger partial charge in [0.15, 0.2) is 0 Å². The lowest BCUT2D eigenvalue weighted by molar-refractivity contribution is 1.19. The van der Waals surface area contributed by atoms with E-state index >= 15 is 0 Å². The Balaban J connectivity index is 1.59. The molecule has 5 aromatic rings. The van der Waals surface area contributed by atoms with E-state index in [9.17, 15) is 0 Å². The van der Waals surface area contributed by atoms with Crippen LogP contribution in [0.2, 0.25) is 0 Å². The fraction of sp³-hybridized carbons (Fsp3) is 0.0476. The molecule has 0 fully saturated rings. The number of benzene rings is 1. The van der Waals surface area contributed by atoms with Gasteiger partial charge < -0.3 is 9.38 Å². The number of nitrogens with one attached hydrogen (secondary N) is 1. The summed E-state index contributed by atoms with van der Waals surface area (Å²) in [5, 5.41) is 1.17. The molecule has 0 radical (unpaired) electrons. The number of hydrogen-bond donors (Lipinski definition) is 1. The minimum absolute atomic E-state index is 0.895. The molecule has 4 nitrogen and oxygen atoms in total. The van der Waals surface area contributed by atoms with Crippen LogP contribution in [0.1, 0.15) is 11.1 Å². The molecule has 1 N–H and O–H groups in total. The van der Waals surface area contributed by atoms with E-state index in [4.69, 9.17) is 0 Å². The number of aromatic nitrogens is 4. The number of pyridine rings is 2. The van der Waals surface area contributed by atoms with Crippen molar-refractivity contribution in [1.29, 1.82) is 0 Å². The second kappa shape index (κ2) is 5.60. The molecular formula is C21H16N4. The SMILES string of the molecule is c1ccc(Cc2c[nH]c3ncc(-c4ccc5nccn5c4)cc23)cc1. The highest BCUT2D eigenvalue weighted by Crippen LogP contribution is 2.26. The number of imidazole rings is 1. The van der Waals surface area contributed by atoms with Gasteiger partial charge in [0.25, 0.3) is 0 Å². The van der Waals surface area contributed by atoms with Gasteiger partial charge in [0.1, 0.15) is 11.3 Å². The van der Waals surface area contributed by atoms with Gasteiger partial charge in [0.2, 0.25) is 0 Å². The third-order valence-electron chi connectivity index (χ3n) is 4.58. The van der Waals surface area contributed by atoms with Crippen LogP contribution in [0.25, 0.3) is 27.8 Å². The monoisotopic (exact) mass is 324 g/mol. The van der Waals surface area contributed by atoms with Gasteiger partial charge in [-0.25, -0.2) is 9.97 Å². The second-order valence-corrected chi connectivity index (χ2v) is 6.21. The highest BCUT2D eigenvalue weighted by atomic mass is 15.0. The molecule has 0 amide bonds. The van der Waals surface area contributed by atoms with Crippen LogP contribution in [0.4, 0.5) is 0 Å². The summed E-state index contributed by atoms with van der Waals surface area (Å²) in [7, 11) is 0. The molecule has 0 aliphatic rings. The topological polar surface area (TPSA) is 46.0 Å². The second-order valence-electron chi connectivity index (χ2n) is 6.21. The first-order chi connectivity index (χ1) is 12.4. The van der Waals surface area contributed by atoms with E-state index in [-0.39, 0.29) is 0 Å². The summed E-state index contributed by atoms with van der Waals surface area (Å²) in [6.45, 7) is 0.